The van der Waals surface area contributed by atoms with E-state index in [9.17, 15) is 4.39 Å². The molecule has 0 aliphatic carbocycles. The first-order valence-electron chi connectivity index (χ1n) is 4.22. The first-order valence-corrected chi connectivity index (χ1v) is 4.22. The average molecular weight is 183 g/mol. The van der Waals surface area contributed by atoms with E-state index in [0.29, 0.717) is 12.0 Å². The van der Waals surface area contributed by atoms with Crippen molar-refractivity contribution < 1.29 is 9.50 Å². The van der Waals surface area contributed by atoms with Gasteiger partial charge >= 0.3 is 0 Å². The van der Waals surface area contributed by atoms with Gasteiger partial charge in [0.1, 0.15) is 5.82 Å². The Kier molecular flexibility index (Phi) is 3.01. The van der Waals surface area contributed by atoms with E-state index in [-0.39, 0.29) is 12.4 Å². The van der Waals surface area contributed by atoms with Crippen molar-refractivity contribution in [1.82, 2.24) is 0 Å². The normalized spacial score (nSPS) is 15.4. The maximum absolute atomic E-state index is 13.2. The van der Waals surface area contributed by atoms with Crippen molar-refractivity contribution in [2.24, 2.45) is 5.73 Å². The van der Waals surface area contributed by atoms with Gasteiger partial charge in [-0.15, -0.1) is 0 Å². The predicted octanol–water partition coefficient (Wildman–Crippen LogP) is 1.38. The van der Waals surface area contributed by atoms with Gasteiger partial charge in [-0.2, -0.15) is 0 Å². The molecular formula is C10H14FNO. The first-order chi connectivity index (χ1) is 6.08. The van der Waals surface area contributed by atoms with Crippen molar-refractivity contribution in [3.8, 4) is 0 Å². The van der Waals surface area contributed by atoms with Gasteiger partial charge in [0.15, 0.2) is 0 Å². The fourth-order valence-corrected chi connectivity index (χ4v) is 1.29. The zero-order valence-corrected chi connectivity index (χ0v) is 7.63. The Hall–Kier alpha value is -0.930. The van der Waals surface area contributed by atoms with Crippen LogP contribution in [0.5, 0.6) is 0 Å². The number of rotatable bonds is 3. The van der Waals surface area contributed by atoms with Gasteiger partial charge in [0.25, 0.3) is 0 Å². The summed E-state index contributed by atoms with van der Waals surface area (Å²) in [7, 11) is 0. The summed E-state index contributed by atoms with van der Waals surface area (Å²) in [6.07, 6.45) is 0.355. The topological polar surface area (TPSA) is 46.2 Å². The Morgan fingerprint density at radius 2 is 2.08 bits per heavy atom. The molecule has 0 amide bonds. The zero-order valence-electron chi connectivity index (χ0n) is 7.63. The number of hydrogen-bond donors (Lipinski definition) is 2. The van der Waals surface area contributed by atoms with Gasteiger partial charge in [-0.3, -0.25) is 0 Å². The smallest absolute Gasteiger partial charge is 0.128 e. The van der Waals surface area contributed by atoms with Crippen LogP contribution in [0.15, 0.2) is 24.3 Å². The molecule has 13 heavy (non-hydrogen) atoms. The highest BCUT2D eigenvalue weighted by Crippen LogP contribution is 2.23. The second-order valence-electron chi connectivity index (χ2n) is 3.37. The SMILES string of the molecule is CC(N)(CCO)c1ccccc1F. The lowest BCUT2D eigenvalue weighted by atomic mass is 9.90. The van der Waals surface area contributed by atoms with Crippen LogP contribution in [0.2, 0.25) is 0 Å². The lowest BCUT2D eigenvalue weighted by molar-refractivity contribution is 0.244. The molecule has 0 radical (unpaired) electrons. The van der Waals surface area contributed by atoms with Crippen molar-refractivity contribution in [3.63, 3.8) is 0 Å². The average Bonchev–Trinajstić information content (AvgIpc) is 2.04. The molecule has 0 saturated carbocycles. The largest absolute Gasteiger partial charge is 0.396 e. The molecule has 0 spiro atoms. The van der Waals surface area contributed by atoms with E-state index in [1.54, 1.807) is 25.1 Å². The lowest BCUT2D eigenvalue weighted by Gasteiger charge is -2.24. The van der Waals surface area contributed by atoms with E-state index in [1.165, 1.54) is 6.07 Å². The van der Waals surface area contributed by atoms with Crippen LogP contribution in [0.25, 0.3) is 0 Å². The van der Waals surface area contributed by atoms with Gasteiger partial charge in [-0.1, -0.05) is 18.2 Å². The standard InChI is InChI=1S/C10H14FNO/c1-10(12,6-7-13)8-4-2-3-5-9(8)11/h2-5,13H,6-7,12H2,1H3. The van der Waals surface area contributed by atoms with Gasteiger partial charge in [0.05, 0.1) is 0 Å². The maximum atomic E-state index is 13.2. The maximum Gasteiger partial charge on any atom is 0.128 e. The minimum absolute atomic E-state index is 0.0403. The molecule has 1 atom stereocenters. The number of aliphatic hydroxyl groups excluding tert-OH is 1. The van der Waals surface area contributed by atoms with Crippen LogP contribution in [-0.2, 0) is 5.54 Å². The van der Waals surface area contributed by atoms with Crippen LogP contribution in [0.1, 0.15) is 18.9 Å². The summed E-state index contributed by atoms with van der Waals surface area (Å²) in [4.78, 5) is 0. The third-order valence-corrected chi connectivity index (χ3v) is 2.12. The third kappa shape index (κ3) is 2.26. The fraction of sp³-hybridized carbons (Fsp3) is 0.400. The van der Waals surface area contributed by atoms with Gasteiger partial charge < -0.3 is 10.8 Å². The molecule has 0 fully saturated rings. The number of hydrogen-bond acceptors (Lipinski definition) is 2. The second kappa shape index (κ2) is 3.85. The van der Waals surface area contributed by atoms with Gasteiger partial charge in [0.2, 0.25) is 0 Å². The van der Waals surface area contributed by atoms with E-state index < -0.39 is 5.54 Å². The predicted molar refractivity (Wildman–Crippen MR) is 49.6 cm³/mol. The minimum Gasteiger partial charge on any atom is -0.396 e. The molecule has 3 N–H and O–H groups in total. The fourth-order valence-electron chi connectivity index (χ4n) is 1.29. The Balaban J connectivity index is 2.99. The Morgan fingerprint density at radius 1 is 1.46 bits per heavy atom. The number of aliphatic hydroxyl groups is 1. The minimum atomic E-state index is -0.792. The van der Waals surface area contributed by atoms with Crippen LogP contribution in [0.4, 0.5) is 4.39 Å². The van der Waals surface area contributed by atoms with Crippen LogP contribution >= 0.6 is 0 Å². The third-order valence-electron chi connectivity index (χ3n) is 2.12. The quantitative estimate of drug-likeness (QED) is 0.743. The van der Waals surface area contributed by atoms with Gasteiger partial charge in [-0.25, -0.2) is 4.39 Å². The molecule has 1 aromatic carbocycles. The molecule has 1 rings (SSSR count). The molecule has 0 bridgehead atoms. The summed E-state index contributed by atoms with van der Waals surface area (Å²) in [5.41, 5.74) is 5.51. The number of benzene rings is 1. The van der Waals surface area contributed by atoms with Crippen molar-refractivity contribution in [2.75, 3.05) is 6.61 Å². The molecule has 0 aliphatic rings. The van der Waals surface area contributed by atoms with E-state index in [0.717, 1.165) is 0 Å². The van der Waals surface area contributed by atoms with Crippen LogP contribution in [0.3, 0.4) is 0 Å². The molecule has 2 nitrogen and oxygen atoms in total. The van der Waals surface area contributed by atoms with Crippen LogP contribution < -0.4 is 5.73 Å². The van der Waals surface area contributed by atoms with Gasteiger partial charge in [-0.05, 0) is 19.4 Å². The Bertz CT molecular complexity index is 286. The summed E-state index contributed by atoms with van der Waals surface area (Å²) in [5.74, 6) is -0.319. The Morgan fingerprint density at radius 3 is 2.62 bits per heavy atom. The second-order valence-corrected chi connectivity index (χ2v) is 3.37. The first kappa shape index (κ1) is 10.2. The number of nitrogens with two attached hydrogens (primary N) is 1. The summed E-state index contributed by atoms with van der Waals surface area (Å²) in [5, 5.41) is 8.75. The molecule has 1 aromatic rings. The van der Waals surface area contributed by atoms with Crippen molar-refractivity contribution in [1.29, 1.82) is 0 Å². The molecule has 0 aromatic heterocycles. The molecule has 0 aliphatic heterocycles. The zero-order chi connectivity index (χ0) is 9.90. The molecule has 1 unspecified atom stereocenters. The summed E-state index contributed by atoms with van der Waals surface area (Å²) in [6, 6.07) is 6.37. The van der Waals surface area contributed by atoms with Crippen molar-refractivity contribution in [2.45, 2.75) is 18.9 Å². The van der Waals surface area contributed by atoms with Crippen LogP contribution in [0, 0.1) is 5.82 Å². The number of halogens is 1. The van der Waals surface area contributed by atoms with Crippen LogP contribution in [-0.4, -0.2) is 11.7 Å². The highest BCUT2D eigenvalue weighted by Gasteiger charge is 2.23. The summed E-state index contributed by atoms with van der Waals surface area (Å²) < 4.78 is 13.2. The van der Waals surface area contributed by atoms with E-state index in [4.69, 9.17) is 10.8 Å². The lowest BCUT2D eigenvalue weighted by Crippen LogP contribution is -2.34. The Labute approximate surface area is 77.2 Å². The van der Waals surface area contributed by atoms with E-state index in [2.05, 4.69) is 0 Å². The molecule has 0 heterocycles. The highest BCUT2D eigenvalue weighted by molar-refractivity contribution is 5.24. The molecule has 72 valence electrons. The summed E-state index contributed by atoms with van der Waals surface area (Å²) in [6.45, 7) is 1.67. The van der Waals surface area contributed by atoms with Gasteiger partial charge in [0, 0.05) is 17.7 Å². The monoisotopic (exact) mass is 183 g/mol. The molecular weight excluding hydrogens is 169 g/mol. The molecule has 0 saturated heterocycles. The molecule has 3 heteroatoms. The summed E-state index contributed by atoms with van der Waals surface area (Å²) >= 11 is 0. The van der Waals surface area contributed by atoms with Crippen molar-refractivity contribution >= 4 is 0 Å². The van der Waals surface area contributed by atoms with E-state index >= 15 is 0 Å². The van der Waals surface area contributed by atoms with E-state index in [1.807, 2.05) is 0 Å². The highest BCUT2D eigenvalue weighted by atomic mass is 19.1. The van der Waals surface area contributed by atoms with Crippen molar-refractivity contribution in [3.05, 3.63) is 35.6 Å².